The third kappa shape index (κ3) is 6.14. The van der Waals surface area contributed by atoms with Crippen LogP contribution < -0.4 is 19.5 Å². The van der Waals surface area contributed by atoms with Gasteiger partial charge >= 0.3 is 6.61 Å². The molecule has 0 spiro atoms. The molecule has 2 aromatic carbocycles. The van der Waals surface area contributed by atoms with Crippen molar-refractivity contribution in [2.75, 3.05) is 26.1 Å². The van der Waals surface area contributed by atoms with E-state index in [1.54, 1.807) is 24.3 Å². The van der Waals surface area contributed by atoms with Crippen LogP contribution in [0.5, 0.6) is 17.2 Å². The molecular formula is C18H18F2N2O5. The quantitative estimate of drug-likeness (QED) is 0.534. The maximum Gasteiger partial charge on any atom is 0.387 e. The summed E-state index contributed by atoms with van der Waals surface area (Å²) in [5.74, 6) is 0.369. The zero-order valence-corrected chi connectivity index (χ0v) is 14.6. The molecule has 0 aliphatic rings. The smallest absolute Gasteiger partial charge is 0.387 e. The normalized spacial score (nSPS) is 10.7. The number of amides is 1. The summed E-state index contributed by atoms with van der Waals surface area (Å²) in [5.41, 5.74) is 0.777. The molecule has 0 atom stereocenters. The summed E-state index contributed by atoms with van der Waals surface area (Å²) in [4.78, 5) is 16.8. The van der Waals surface area contributed by atoms with Gasteiger partial charge in [0.05, 0.1) is 26.1 Å². The monoisotopic (exact) mass is 380 g/mol. The topological polar surface area (TPSA) is 78.4 Å². The van der Waals surface area contributed by atoms with Crippen molar-refractivity contribution in [2.24, 2.45) is 5.16 Å². The number of hydrogen-bond acceptors (Lipinski definition) is 6. The predicted molar refractivity (Wildman–Crippen MR) is 94.8 cm³/mol. The molecule has 0 saturated carbocycles. The van der Waals surface area contributed by atoms with Crippen molar-refractivity contribution in [2.45, 2.75) is 6.61 Å². The van der Waals surface area contributed by atoms with Crippen LogP contribution in [0.3, 0.4) is 0 Å². The van der Waals surface area contributed by atoms with Crippen LogP contribution in [-0.4, -0.2) is 39.6 Å². The molecule has 27 heavy (non-hydrogen) atoms. The van der Waals surface area contributed by atoms with Crippen molar-refractivity contribution in [3.63, 3.8) is 0 Å². The van der Waals surface area contributed by atoms with Gasteiger partial charge in [-0.05, 0) is 30.3 Å². The van der Waals surface area contributed by atoms with E-state index in [-0.39, 0.29) is 11.4 Å². The largest absolute Gasteiger partial charge is 0.493 e. The molecule has 0 fully saturated rings. The van der Waals surface area contributed by atoms with Gasteiger partial charge in [0.25, 0.3) is 5.91 Å². The third-order valence-corrected chi connectivity index (χ3v) is 3.26. The SMILES string of the molecule is COc1ccc(/C=N\OCC(=O)Nc2ccccc2OC(F)F)cc1OC. The number of hydrogen-bond donors (Lipinski definition) is 1. The second-order valence-electron chi connectivity index (χ2n) is 5.05. The number of benzene rings is 2. The summed E-state index contributed by atoms with van der Waals surface area (Å²) in [6.45, 7) is -3.40. The van der Waals surface area contributed by atoms with E-state index < -0.39 is 19.1 Å². The van der Waals surface area contributed by atoms with E-state index in [2.05, 4.69) is 15.2 Å². The number of anilines is 1. The number of nitrogens with one attached hydrogen (secondary N) is 1. The van der Waals surface area contributed by atoms with Crippen molar-refractivity contribution in [1.29, 1.82) is 0 Å². The van der Waals surface area contributed by atoms with Crippen molar-refractivity contribution in [3.05, 3.63) is 48.0 Å². The van der Waals surface area contributed by atoms with E-state index in [4.69, 9.17) is 14.3 Å². The molecule has 0 radical (unpaired) electrons. The number of alkyl halides is 2. The molecule has 9 heteroatoms. The Bertz CT molecular complexity index is 799. The number of halogens is 2. The lowest BCUT2D eigenvalue weighted by Gasteiger charge is -2.11. The Morgan fingerprint density at radius 3 is 2.56 bits per heavy atom. The van der Waals surface area contributed by atoms with Crippen LogP contribution >= 0.6 is 0 Å². The fourth-order valence-corrected chi connectivity index (χ4v) is 2.08. The van der Waals surface area contributed by atoms with Gasteiger partial charge in [0, 0.05) is 5.56 Å². The lowest BCUT2D eigenvalue weighted by molar-refractivity contribution is -0.120. The standard InChI is InChI=1S/C18H18F2N2O5/c1-24-15-8-7-12(9-16(15)25-2)10-21-26-11-17(23)22-13-5-3-4-6-14(13)27-18(19)20/h3-10,18H,11H2,1-2H3,(H,22,23)/b21-10-. The Kier molecular flexibility index (Phi) is 7.36. The van der Waals surface area contributed by atoms with Crippen LogP contribution in [0.4, 0.5) is 14.5 Å². The van der Waals surface area contributed by atoms with Crippen molar-refractivity contribution in [3.8, 4) is 17.2 Å². The van der Waals surface area contributed by atoms with Gasteiger partial charge in [0.15, 0.2) is 18.1 Å². The summed E-state index contributed by atoms with van der Waals surface area (Å²) >= 11 is 0. The number of rotatable bonds is 9. The summed E-state index contributed by atoms with van der Waals surface area (Å²) in [6.07, 6.45) is 1.39. The highest BCUT2D eigenvalue weighted by Gasteiger charge is 2.11. The molecule has 0 unspecified atom stereocenters. The molecule has 0 heterocycles. The molecule has 2 rings (SSSR count). The summed E-state index contributed by atoms with van der Waals surface area (Å²) in [7, 11) is 3.03. The van der Waals surface area contributed by atoms with Crippen molar-refractivity contribution < 1.29 is 32.6 Å². The molecule has 0 saturated heterocycles. The Balaban J connectivity index is 1.89. The van der Waals surface area contributed by atoms with E-state index in [1.807, 2.05) is 0 Å². The van der Waals surface area contributed by atoms with E-state index in [0.717, 1.165) is 0 Å². The zero-order chi connectivity index (χ0) is 19.6. The molecule has 0 aliphatic carbocycles. The molecule has 0 aromatic heterocycles. The number of oxime groups is 1. The van der Waals surface area contributed by atoms with Gasteiger partial charge in [-0.15, -0.1) is 0 Å². The molecule has 0 aliphatic heterocycles. The second kappa shape index (κ2) is 9.95. The zero-order valence-electron chi connectivity index (χ0n) is 14.6. The van der Waals surface area contributed by atoms with Gasteiger partial charge in [-0.2, -0.15) is 8.78 Å². The van der Waals surface area contributed by atoms with E-state index in [0.29, 0.717) is 17.1 Å². The second-order valence-corrected chi connectivity index (χ2v) is 5.05. The van der Waals surface area contributed by atoms with Crippen molar-refractivity contribution >= 4 is 17.8 Å². The lowest BCUT2D eigenvalue weighted by atomic mass is 10.2. The van der Waals surface area contributed by atoms with Crippen LogP contribution in [0, 0.1) is 0 Å². The van der Waals surface area contributed by atoms with Crippen LogP contribution in [0.2, 0.25) is 0 Å². The maximum absolute atomic E-state index is 12.4. The Labute approximate surface area is 154 Å². The number of para-hydroxylation sites is 2. The van der Waals surface area contributed by atoms with E-state index >= 15 is 0 Å². The third-order valence-electron chi connectivity index (χ3n) is 3.26. The first kappa shape index (κ1) is 20.0. The fourth-order valence-electron chi connectivity index (χ4n) is 2.08. The van der Waals surface area contributed by atoms with Crippen LogP contribution in [-0.2, 0) is 9.63 Å². The minimum Gasteiger partial charge on any atom is -0.493 e. The molecule has 0 bridgehead atoms. The Hall–Kier alpha value is -3.36. The van der Waals surface area contributed by atoms with Crippen molar-refractivity contribution in [1.82, 2.24) is 0 Å². The maximum atomic E-state index is 12.4. The molecule has 2 aromatic rings. The van der Waals surface area contributed by atoms with Crippen LogP contribution in [0.15, 0.2) is 47.6 Å². The Morgan fingerprint density at radius 1 is 1.11 bits per heavy atom. The first-order valence-corrected chi connectivity index (χ1v) is 7.74. The molecular weight excluding hydrogens is 362 g/mol. The summed E-state index contributed by atoms with van der Waals surface area (Å²) < 4.78 is 39.3. The molecule has 144 valence electrons. The predicted octanol–water partition coefficient (Wildman–Crippen LogP) is 3.29. The first-order chi connectivity index (χ1) is 13.0. The van der Waals surface area contributed by atoms with Gasteiger partial charge in [-0.3, -0.25) is 4.79 Å². The van der Waals surface area contributed by atoms with Crippen LogP contribution in [0.25, 0.3) is 0 Å². The van der Waals surface area contributed by atoms with Gasteiger partial charge in [-0.1, -0.05) is 17.3 Å². The average molecular weight is 380 g/mol. The molecule has 1 N–H and O–H groups in total. The highest BCUT2D eigenvalue weighted by Crippen LogP contribution is 2.27. The van der Waals surface area contributed by atoms with E-state index in [1.165, 1.54) is 38.6 Å². The number of methoxy groups -OCH3 is 2. The van der Waals surface area contributed by atoms with Crippen LogP contribution in [0.1, 0.15) is 5.56 Å². The highest BCUT2D eigenvalue weighted by molar-refractivity contribution is 5.93. The van der Waals surface area contributed by atoms with Gasteiger partial charge in [-0.25, -0.2) is 0 Å². The molecule has 7 nitrogen and oxygen atoms in total. The molecule has 1 amide bonds. The first-order valence-electron chi connectivity index (χ1n) is 7.74. The lowest BCUT2D eigenvalue weighted by Crippen LogP contribution is -2.18. The summed E-state index contributed by atoms with van der Waals surface area (Å²) in [5, 5.41) is 6.11. The number of nitrogens with zero attached hydrogens (tertiary/aromatic N) is 1. The summed E-state index contributed by atoms with van der Waals surface area (Å²) in [6, 6.07) is 10.9. The van der Waals surface area contributed by atoms with Gasteiger partial charge in [0.1, 0.15) is 5.75 Å². The minimum atomic E-state index is -3.00. The highest BCUT2D eigenvalue weighted by atomic mass is 19.3. The van der Waals surface area contributed by atoms with E-state index in [9.17, 15) is 13.6 Å². The minimum absolute atomic E-state index is 0.107. The Morgan fingerprint density at radius 2 is 1.85 bits per heavy atom. The number of carbonyl (C=O) groups is 1. The fraction of sp³-hybridized carbons (Fsp3) is 0.222. The van der Waals surface area contributed by atoms with Gasteiger partial charge in [0.2, 0.25) is 0 Å². The number of carbonyl (C=O) groups excluding carboxylic acids is 1. The number of ether oxygens (including phenoxy) is 3. The van der Waals surface area contributed by atoms with Gasteiger partial charge < -0.3 is 24.4 Å². The average Bonchev–Trinajstić information content (AvgIpc) is 2.66.